The first-order valence-corrected chi connectivity index (χ1v) is 9.48. The summed E-state index contributed by atoms with van der Waals surface area (Å²) in [7, 11) is 0. The molecular formula is C22H29IN4O. The predicted molar refractivity (Wildman–Crippen MR) is 127 cm³/mol. The topological polar surface area (TPSA) is 72.4 Å². The number of hydrogen-bond acceptors (Lipinski definition) is 2. The van der Waals surface area contributed by atoms with Crippen molar-refractivity contribution in [2.24, 2.45) is 4.99 Å². The van der Waals surface area contributed by atoms with Crippen LogP contribution in [0.3, 0.4) is 0 Å². The van der Waals surface area contributed by atoms with Crippen molar-refractivity contribution < 1.29 is 5.11 Å². The Bertz CT molecular complexity index is 920. The summed E-state index contributed by atoms with van der Waals surface area (Å²) in [5.74, 6) is 0.793. The number of aryl methyl sites for hydroxylation is 1. The monoisotopic (exact) mass is 492 g/mol. The van der Waals surface area contributed by atoms with Gasteiger partial charge in [-0.05, 0) is 42.5 Å². The summed E-state index contributed by atoms with van der Waals surface area (Å²) in [6.07, 6.45) is 3.02. The Morgan fingerprint density at radius 1 is 1.04 bits per heavy atom. The van der Waals surface area contributed by atoms with E-state index in [2.05, 4.69) is 58.9 Å². The highest BCUT2D eigenvalue weighted by Gasteiger charge is 2.06. The molecule has 2 aromatic carbocycles. The van der Waals surface area contributed by atoms with E-state index in [9.17, 15) is 5.11 Å². The largest absolute Gasteiger partial charge is 0.392 e. The van der Waals surface area contributed by atoms with Crippen LogP contribution in [-0.4, -0.2) is 29.1 Å². The molecule has 1 heterocycles. The third kappa shape index (κ3) is 5.48. The van der Waals surface area contributed by atoms with Gasteiger partial charge in [0.05, 0.1) is 13.2 Å². The fourth-order valence-corrected chi connectivity index (χ4v) is 3.26. The second-order valence-corrected chi connectivity index (χ2v) is 6.61. The number of halogens is 1. The van der Waals surface area contributed by atoms with E-state index < -0.39 is 0 Å². The van der Waals surface area contributed by atoms with E-state index in [0.29, 0.717) is 6.54 Å². The molecule has 0 atom stereocenters. The van der Waals surface area contributed by atoms with E-state index in [-0.39, 0.29) is 30.6 Å². The summed E-state index contributed by atoms with van der Waals surface area (Å²) in [5, 5.41) is 17.4. The molecule has 1 aromatic heterocycles. The third-order valence-corrected chi connectivity index (χ3v) is 4.74. The van der Waals surface area contributed by atoms with Gasteiger partial charge in [0, 0.05) is 30.2 Å². The first-order chi connectivity index (χ1) is 13.2. The summed E-state index contributed by atoms with van der Waals surface area (Å²) in [5.41, 5.74) is 5.76. The number of aromatic amines is 1. The van der Waals surface area contributed by atoms with Gasteiger partial charge in [-0.2, -0.15) is 0 Å². The van der Waals surface area contributed by atoms with E-state index in [4.69, 9.17) is 0 Å². The lowest BCUT2D eigenvalue weighted by molar-refractivity contribution is 0.280. The Morgan fingerprint density at radius 2 is 1.82 bits per heavy atom. The van der Waals surface area contributed by atoms with Crippen LogP contribution < -0.4 is 10.6 Å². The van der Waals surface area contributed by atoms with Crippen LogP contribution >= 0.6 is 24.0 Å². The van der Waals surface area contributed by atoms with Crippen LogP contribution in [0, 0.1) is 6.92 Å². The molecule has 0 spiro atoms. The molecule has 28 heavy (non-hydrogen) atoms. The van der Waals surface area contributed by atoms with Crippen LogP contribution in [0.25, 0.3) is 10.9 Å². The number of aliphatic imine (C=N–C) groups is 1. The Morgan fingerprint density at radius 3 is 2.57 bits per heavy atom. The van der Waals surface area contributed by atoms with Gasteiger partial charge < -0.3 is 20.7 Å². The number of para-hydroxylation sites is 1. The third-order valence-electron chi connectivity index (χ3n) is 4.74. The zero-order valence-corrected chi connectivity index (χ0v) is 18.8. The van der Waals surface area contributed by atoms with Crippen LogP contribution in [0.2, 0.25) is 0 Å². The van der Waals surface area contributed by atoms with Crippen molar-refractivity contribution in [3.05, 3.63) is 70.9 Å². The number of H-pyrrole nitrogens is 1. The fourth-order valence-electron chi connectivity index (χ4n) is 3.26. The minimum Gasteiger partial charge on any atom is -0.392 e. The van der Waals surface area contributed by atoms with Crippen molar-refractivity contribution in [1.82, 2.24) is 15.6 Å². The molecule has 3 rings (SSSR count). The number of aliphatic hydroxyl groups excluding tert-OH is 1. The number of aliphatic hydroxyl groups is 1. The number of hydrogen-bond donors (Lipinski definition) is 4. The number of aromatic nitrogens is 1. The van der Waals surface area contributed by atoms with E-state index in [1.807, 2.05) is 24.3 Å². The summed E-state index contributed by atoms with van der Waals surface area (Å²) in [6, 6.07) is 14.2. The van der Waals surface area contributed by atoms with Crippen LogP contribution in [-0.2, 0) is 19.6 Å². The Balaban J connectivity index is 0.00000280. The van der Waals surface area contributed by atoms with Gasteiger partial charge in [0.25, 0.3) is 0 Å². The standard InChI is InChI=1S/C22H28N4O.HI/c1-3-23-22(26-13-17-8-4-5-9-19(17)15-27)24-12-11-18-14-25-21-16(2)7-6-10-20(18)21;/h4-10,14,25,27H,3,11-13,15H2,1-2H3,(H2,23,24,26);1H. The highest BCUT2D eigenvalue weighted by molar-refractivity contribution is 14.0. The zero-order chi connectivity index (χ0) is 19.1. The Labute approximate surface area is 183 Å². The van der Waals surface area contributed by atoms with E-state index in [0.717, 1.165) is 36.6 Å². The molecule has 0 aliphatic heterocycles. The van der Waals surface area contributed by atoms with Crippen molar-refractivity contribution >= 4 is 40.8 Å². The van der Waals surface area contributed by atoms with Gasteiger partial charge in [0.1, 0.15) is 0 Å². The molecule has 0 saturated carbocycles. The fraction of sp³-hybridized carbons (Fsp3) is 0.318. The van der Waals surface area contributed by atoms with E-state index >= 15 is 0 Å². The molecule has 0 aliphatic rings. The maximum absolute atomic E-state index is 9.46. The zero-order valence-electron chi connectivity index (χ0n) is 16.5. The summed E-state index contributed by atoms with van der Waals surface area (Å²) >= 11 is 0. The van der Waals surface area contributed by atoms with Gasteiger partial charge in [0.15, 0.2) is 5.96 Å². The van der Waals surface area contributed by atoms with Crippen molar-refractivity contribution in [3.63, 3.8) is 0 Å². The number of nitrogens with zero attached hydrogens (tertiary/aromatic N) is 1. The van der Waals surface area contributed by atoms with Gasteiger partial charge in [-0.25, -0.2) is 4.99 Å². The summed E-state index contributed by atoms with van der Waals surface area (Å²) in [4.78, 5) is 8.04. The lowest BCUT2D eigenvalue weighted by atomic mass is 10.1. The van der Waals surface area contributed by atoms with Crippen LogP contribution in [0.15, 0.2) is 53.7 Å². The van der Waals surface area contributed by atoms with Crippen molar-refractivity contribution in [2.45, 2.75) is 33.4 Å². The normalized spacial score (nSPS) is 11.3. The molecule has 5 nitrogen and oxygen atoms in total. The van der Waals surface area contributed by atoms with Gasteiger partial charge in [-0.3, -0.25) is 0 Å². The molecular weight excluding hydrogens is 463 g/mol. The molecule has 0 radical (unpaired) electrons. The molecule has 3 aromatic rings. The molecule has 150 valence electrons. The molecule has 0 amide bonds. The predicted octanol–water partition coefficient (Wildman–Crippen LogP) is 3.88. The minimum atomic E-state index is 0. The molecule has 4 N–H and O–H groups in total. The number of benzene rings is 2. The number of guanidine groups is 1. The molecule has 0 bridgehead atoms. The molecule has 6 heteroatoms. The average molecular weight is 492 g/mol. The van der Waals surface area contributed by atoms with Crippen molar-refractivity contribution in [1.29, 1.82) is 0 Å². The molecule has 0 aliphatic carbocycles. The maximum Gasteiger partial charge on any atom is 0.191 e. The van der Waals surface area contributed by atoms with Crippen LogP contribution in [0.5, 0.6) is 0 Å². The number of nitrogens with one attached hydrogen (secondary N) is 3. The maximum atomic E-state index is 9.46. The van der Waals surface area contributed by atoms with Gasteiger partial charge in [-0.1, -0.05) is 42.5 Å². The molecule has 0 unspecified atom stereocenters. The number of rotatable bonds is 7. The van der Waals surface area contributed by atoms with Crippen LogP contribution in [0.1, 0.15) is 29.2 Å². The van der Waals surface area contributed by atoms with Gasteiger partial charge in [-0.15, -0.1) is 24.0 Å². The number of fused-ring (bicyclic) bond motifs is 1. The highest BCUT2D eigenvalue weighted by Crippen LogP contribution is 2.21. The second kappa shape index (κ2) is 11.1. The Kier molecular flexibility index (Phi) is 8.79. The van der Waals surface area contributed by atoms with Crippen molar-refractivity contribution in [2.75, 3.05) is 13.1 Å². The second-order valence-electron chi connectivity index (χ2n) is 6.61. The van der Waals surface area contributed by atoms with Gasteiger partial charge in [0.2, 0.25) is 0 Å². The highest BCUT2D eigenvalue weighted by atomic mass is 127. The minimum absolute atomic E-state index is 0. The Hall–Kier alpha value is -2.06. The summed E-state index contributed by atoms with van der Waals surface area (Å²) < 4.78 is 0. The van der Waals surface area contributed by atoms with Crippen molar-refractivity contribution in [3.8, 4) is 0 Å². The van der Waals surface area contributed by atoms with E-state index in [1.54, 1.807) is 0 Å². The van der Waals surface area contributed by atoms with E-state index in [1.165, 1.54) is 22.0 Å². The SMILES string of the molecule is CCNC(=NCc1ccccc1CO)NCCc1c[nH]c2c(C)cccc12.I. The molecule has 0 fully saturated rings. The first kappa shape index (κ1) is 22.2. The lowest BCUT2D eigenvalue weighted by Gasteiger charge is -2.12. The summed E-state index contributed by atoms with van der Waals surface area (Å²) in [6.45, 7) is 6.37. The molecule has 0 saturated heterocycles. The lowest BCUT2D eigenvalue weighted by Crippen LogP contribution is -2.38. The first-order valence-electron chi connectivity index (χ1n) is 9.48. The van der Waals surface area contributed by atoms with Crippen LogP contribution in [0.4, 0.5) is 0 Å². The average Bonchev–Trinajstić information content (AvgIpc) is 3.11. The quantitative estimate of drug-likeness (QED) is 0.230. The smallest absolute Gasteiger partial charge is 0.191 e. The van der Waals surface area contributed by atoms with Gasteiger partial charge >= 0.3 is 0 Å².